The van der Waals surface area contributed by atoms with Crippen molar-refractivity contribution < 1.29 is 14.6 Å². The summed E-state index contributed by atoms with van der Waals surface area (Å²) < 4.78 is 5.36. The fourth-order valence-corrected chi connectivity index (χ4v) is 1.42. The zero-order valence-corrected chi connectivity index (χ0v) is 9.28. The van der Waals surface area contributed by atoms with Gasteiger partial charge in [0.15, 0.2) is 0 Å². The van der Waals surface area contributed by atoms with Gasteiger partial charge in [-0.3, -0.25) is 4.79 Å². The zero-order valence-electron chi connectivity index (χ0n) is 9.28. The second kappa shape index (κ2) is 4.82. The minimum Gasteiger partial charge on any atom is -0.494 e. The molecule has 0 saturated carbocycles. The summed E-state index contributed by atoms with van der Waals surface area (Å²) in [4.78, 5) is 10.8. The number of carboxylic acid groups (broad SMARTS) is 1. The highest BCUT2D eigenvalue weighted by Crippen LogP contribution is 2.23. The van der Waals surface area contributed by atoms with Crippen LogP contribution < -0.4 is 4.74 Å². The van der Waals surface area contributed by atoms with Gasteiger partial charge < -0.3 is 9.84 Å². The maximum absolute atomic E-state index is 10.8. The van der Waals surface area contributed by atoms with Crippen molar-refractivity contribution in [2.75, 3.05) is 6.61 Å². The van der Waals surface area contributed by atoms with E-state index in [1.807, 2.05) is 26.0 Å². The first-order valence-corrected chi connectivity index (χ1v) is 5.01. The normalized spacial score (nSPS) is 12.2. The Morgan fingerprint density at radius 2 is 2.13 bits per heavy atom. The minimum atomic E-state index is -0.817. The maximum atomic E-state index is 10.8. The van der Waals surface area contributed by atoms with E-state index in [0.29, 0.717) is 6.61 Å². The number of aryl methyl sites for hydroxylation is 1. The summed E-state index contributed by atoms with van der Waals surface area (Å²) in [7, 11) is 0. The van der Waals surface area contributed by atoms with Gasteiger partial charge in [-0.05, 0) is 44.0 Å². The molecule has 0 aliphatic carbocycles. The van der Waals surface area contributed by atoms with Crippen molar-refractivity contribution in [1.82, 2.24) is 0 Å². The number of aliphatic carboxylic acids is 1. The van der Waals surface area contributed by atoms with E-state index in [2.05, 4.69) is 0 Å². The molecule has 82 valence electrons. The molecule has 3 nitrogen and oxygen atoms in total. The molecule has 1 rings (SSSR count). The Morgan fingerprint density at radius 1 is 1.47 bits per heavy atom. The molecule has 0 spiro atoms. The fourth-order valence-electron chi connectivity index (χ4n) is 1.42. The second-order valence-corrected chi connectivity index (χ2v) is 3.57. The Balaban J connectivity index is 3.02. The van der Waals surface area contributed by atoms with Gasteiger partial charge >= 0.3 is 5.97 Å². The number of ether oxygens (including phenoxy) is 1. The Hall–Kier alpha value is -1.51. The fraction of sp³-hybridized carbons (Fsp3) is 0.417. The van der Waals surface area contributed by atoms with E-state index in [9.17, 15) is 4.79 Å². The molecule has 0 bridgehead atoms. The number of rotatable bonds is 4. The molecular weight excluding hydrogens is 192 g/mol. The van der Waals surface area contributed by atoms with Crippen molar-refractivity contribution in [2.24, 2.45) is 0 Å². The maximum Gasteiger partial charge on any atom is 0.310 e. The van der Waals surface area contributed by atoms with Gasteiger partial charge in [0, 0.05) is 0 Å². The first-order chi connectivity index (χ1) is 7.04. The topological polar surface area (TPSA) is 46.5 Å². The lowest BCUT2D eigenvalue weighted by molar-refractivity contribution is -0.138. The van der Waals surface area contributed by atoms with Crippen molar-refractivity contribution in [3.8, 4) is 5.75 Å². The Morgan fingerprint density at radius 3 is 2.67 bits per heavy atom. The van der Waals surface area contributed by atoms with E-state index in [1.165, 1.54) is 0 Å². The molecule has 15 heavy (non-hydrogen) atoms. The number of carboxylic acids is 1. The van der Waals surface area contributed by atoms with Crippen LogP contribution in [-0.2, 0) is 4.79 Å². The molecule has 0 aromatic heterocycles. The molecule has 0 fully saturated rings. The quantitative estimate of drug-likeness (QED) is 0.827. The summed E-state index contributed by atoms with van der Waals surface area (Å²) in [5, 5.41) is 8.91. The van der Waals surface area contributed by atoms with Crippen molar-refractivity contribution in [2.45, 2.75) is 26.7 Å². The third-order valence-corrected chi connectivity index (χ3v) is 2.25. The average Bonchev–Trinajstić information content (AvgIpc) is 2.16. The van der Waals surface area contributed by atoms with E-state index in [1.54, 1.807) is 13.0 Å². The van der Waals surface area contributed by atoms with Crippen LogP contribution in [0.2, 0.25) is 0 Å². The molecule has 1 N–H and O–H groups in total. The van der Waals surface area contributed by atoms with Crippen LogP contribution in [0.1, 0.15) is 30.9 Å². The highest BCUT2D eigenvalue weighted by atomic mass is 16.5. The molecule has 0 heterocycles. The van der Waals surface area contributed by atoms with E-state index in [-0.39, 0.29) is 0 Å². The molecule has 3 heteroatoms. The molecule has 0 amide bonds. The minimum absolute atomic E-state index is 0.496. The standard InChI is InChI=1S/C12H16O3/c1-4-15-11-6-8(2)5-10(7-11)9(3)12(13)14/h5-7,9H,4H2,1-3H3,(H,13,14). The molecule has 1 aromatic carbocycles. The van der Waals surface area contributed by atoms with E-state index in [0.717, 1.165) is 16.9 Å². The number of hydrogen-bond donors (Lipinski definition) is 1. The molecule has 0 aliphatic heterocycles. The van der Waals surface area contributed by atoms with Crippen LogP contribution in [0, 0.1) is 6.92 Å². The summed E-state index contributed by atoms with van der Waals surface area (Å²) in [6.07, 6.45) is 0. The lowest BCUT2D eigenvalue weighted by Crippen LogP contribution is -2.08. The average molecular weight is 208 g/mol. The van der Waals surface area contributed by atoms with Gasteiger partial charge in [0.25, 0.3) is 0 Å². The van der Waals surface area contributed by atoms with Crippen LogP contribution in [0.3, 0.4) is 0 Å². The van der Waals surface area contributed by atoms with Gasteiger partial charge in [-0.2, -0.15) is 0 Å². The third-order valence-electron chi connectivity index (χ3n) is 2.25. The van der Waals surface area contributed by atoms with Crippen molar-refractivity contribution in [3.05, 3.63) is 29.3 Å². The molecule has 0 aliphatic rings. The summed E-state index contributed by atoms with van der Waals surface area (Å²) in [5.41, 5.74) is 1.80. The smallest absolute Gasteiger partial charge is 0.310 e. The third kappa shape index (κ3) is 2.98. The first kappa shape index (κ1) is 11.6. The SMILES string of the molecule is CCOc1cc(C)cc(C(C)C(=O)O)c1. The summed E-state index contributed by atoms with van der Waals surface area (Å²) in [6.45, 7) is 6.10. The number of hydrogen-bond acceptors (Lipinski definition) is 2. The van der Waals surface area contributed by atoms with E-state index < -0.39 is 11.9 Å². The van der Waals surface area contributed by atoms with Crippen LogP contribution in [0.15, 0.2) is 18.2 Å². The van der Waals surface area contributed by atoms with Gasteiger partial charge in [0.2, 0.25) is 0 Å². The summed E-state index contributed by atoms with van der Waals surface area (Å²) >= 11 is 0. The van der Waals surface area contributed by atoms with Gasteiger partial charge in [0.1, 0.15) is 5.75 Å². The van der Waals surface area contributed by atoms with Crippen LogP contribution in [0.25, 0.3) is 0 Å². The van der Waals surface area contributed by atoms with Gasteiger partial charge in [-0.1, -0.05) is 6.07 Å². The van der Waals surface area contributed by atoms with E-state index in [4.69, 9.17) is 9.84 Å². The molecule has 1 unspecified atom stereocenters. The second-order valence-electron chi connectivity index (χ2n) is 3.57. The highest BCUT2D eigenvalue weighted by Gasteiger charge is 2.14. The predicted molar refractivity (Wildman–Crippen MR) is 58.4 cm³/mol. The van der Waals surface area contributed by atoms with Crippen LogP contribution >= 0.6 is 0 Å². The number of carbonyl (C=O) groups is 1. The lowest BCUT2D eigenvalue weighted by atomic mass is 9.99. The van der Waals surface area contributed by atoms with Crippen molar-refractivity contribution >= 4 is 5.97 Å². The van der Waals surface area contributed by atoms with Crippen molar-refractivity contribution in [1.29, 1.82) is 0 Å². The highest BCUT2D eigenvalue weighted by molar-refractivity contribution is 5.75. The van der Waals surface area contributed by atoms with Gasteiger partial charge in [-0.25, -0.2) is 0 Å². The summed E-state index contributed by atoms with van der Waals surface area (Å²) in [6, 6.07) is 5.57. The Bertz CT molecular complexity index is 358. The molecule has 1 aromatic rings. The Kier molecular flexibility index (Phi) is 3.72. The number of benzene rings is 1. The Labute approximate surface area is 89.7 Å². The van der Waals surface area contributed by atoms with Crippen LogP contribution in [0.5, 0.6) is 5.75 Å². The van der Waals surface area contributed by atoms with Gasteiger partial charge in [0.05, 0.1) is 12.5 Å². The van der Waals surface area contributed by atoms with Crippen LogP contribution in [0.4, 0.5) is 0 Å². The zero-order chi connectivity index (χ0) is 11.4. The molecular formula is C12H16O3. The lowest BCUT2D eigenvalue weighted by Gasteiger charge is -2.11. The monoisotopic (exact) mass is 208 g/mol. The largest absolute Gasteiger partial charge is 0.494 e. The summed E-state index contributed by atoms with van der Waals surface area (Å²) in [5.74, 6) is -0.576. The van der Waals surface area contributed by atoms with Crippen molar-refractivity contribution in [3.63, 3.8) is 0 Å². The molecule has 1 atom stereocenters. The van der Waals surface area contributed by atoms with Crippen LogP contribution in [-0.4, -0.2) is 17.7 Å². The molecule has 0 radical (unpaired) electrons. The predicted octanol–water partition coefficient (Wildman–Crippen LogP) is 2.58. The molecule has 0 saturated heterocycles. The van der Waals surface area contributed by atoms with Gasteiger partial charge in [-0.15, -0.1) is 0 Å². The van der Waals surface area contributed by atoms with E-state index >= 15 is 0 Å². The first-order valence-electron chi connectivity index (χ1n) is 5.01.